The van der Waals surface area contributed by atoms with Crippen molar-refractivity contribution in [1.82, 2.24) is 0 Å². The van der Waals surface area contributed by atoms with Crippen molar-refractivity contribution in [3.05, 3.63) is 91.0 Å². The van der Waals surface area contributed by atoms with Gasteiger partial charge >= 0.3 is 173 Å². The summed E-state index contributed by atoms with van der Waals surface area (Å²) in [4.78, 5) is 0. The summed E-state index contributed by atoms with van der Waals surface area (Å²) < 4.78 is 34.8. The Bertz CT molecular complexity index is 875. The van der Waals surface area contributed by atoms with E-state index in [1.165, 1.54) is 10.7 Å². The normalized spacial score (nSPS) is 12.2. The minimum absolute atomic E-state index is 0.0277. The van der Waals surface area contributed by atoms with Gasteiger partial charge in [0.15, 0.2) is 0 Å². The fourth-order valence-corrected chi connectivity index (χ4v) is 21.6. The van der Waals surface area contributed by atoms with Crippen LogP contribution in [0.15, 0.2) is 91.0 Å². The van der Waals surface area contributed by atoms with Crippen LogP contribution in [0, 0.1) is 0 Å². The molecule has 0 saturated carbocycles. The van der Waals surface area contributed by atoms with Crippen molar-refractivity contribution in [2.45, 2.75) is 24.4 Å². The molecular formula is C23H26O3SSn. The monoisotopic (exact) mass is 502 g/mol. The van der Waals surface area contributed by atoms with Crippen molar-refractivity contribution < 1.29 is 12.6 Å². The molecule has 3 rings (SSSR count). The van der Waals surface area contributed by atoms with E-state index in [1.807, 2.05) is 54.6 Å². The van der Waals surface area contributed by atoms with Crippen LogP contribution in [0.1, 0.15) is 13.8 Å². The van der Waals surface area contributed by atoms with Crippen LogP contribution in [0.2, 0.25) is 4.44 Å². The standard InChI is InChI=1S/3C6H5.C5H11O3S.Sn/c3*1-2-4-6-5-3-1;1-4-9(6,7)8-5(2)3;/h3*1-5H;5H,1,4H2,2-3H3;. The molecule has 0 unspecified atom stereocenters. The Morgan fingerprint density at radius 1 is 0.714 bits per heavy atom. The topological polar surface area (TPSA) is 43.4 Å². The van der Waals surface area contributed by atoms with Crippen LogP contribution in [0.3, 0.4) is 0 Å². The molecule has 0 saturated heterocycles. The van der Waals surface area contributed by atoms with Crippen molar-refractivity contribution in [3.8, 4) is 0 Å². The van der Waals surface area contributed by atoms with Gasteiger partial charge in [0, 0.05) is 0 Å². The fourth-order valence-electron chi connectivity index (χ4n) is 3.72. The summed E-state index contributed by atoms with van der Waals surface area (Å²) in [6.07, 6.45) is -0.347. The van der Waals surface area contributed by atoms with E-state index in [4.69, 9.17) is 4.18 Å². The molecule has 0 heterocycles. The molecule has 5 heteroatoms. The van der Waals surface area contributed by atoms with Crippen LogP contribution in [0.5, 0.6) is 0 Å². The summed E-state index contributed by atoms with van der Waals surface area (Å²) in [5.41, 5.74) is 0. The SMILES string of the molecule is CC(C)OS(=O)(=O)C[CH2][Sn]([c]1ccccc1)([c]1ccccc1)[c]1ccccc1. The Morgan fingerprint density at radius 3 is 1.39 bits per heavy atom. The zero-order valence-electron chi connectivity index (χ0n) is 16.3. The van der Waals surface area contributed by atoms with Gasteiger partial charge < -0.3 is 0 Å². The van der Waals surface area contributed by atoms with Crippen molar-refractivity contribution >= 4 is 39.2 Å². The predicted molar refractivity (Wildman–Crippen MR) is 119 cm³/mol. The van der Waals surface area contributed by atoms with Crippen LogP contribution in [-0.4, -0.2) is 38.7 Å². The first-order valence-electron chi connectivity index (χ1n) is 9.51. The van der Waals surface area contributed by atoms with E-state index in [2.05, 4.69) is 36.4 Å². The van der Waals surface area contributed by atoms with E-state index in [1.54, 1.807) is 13.8 Å². The maximum absolute atomic E-state index is 12.6. The number of benzene rings is 3. The molecule has 0 radical (unpaired) electrons. The average Bonchev–Trinajstić information content (AvgIpc) is 2.70. The van der Waals surface area contributed by atoms with Gasteiger partial charge in [0.25, 0.3) is 0 Å². The second kappa shape index (κ2) is 9.24. The Labute approximate surface area is 172 Å². The van der Waals surface area contributed by atoms with Gasteiger partial charge in [0.05, 0.1) is 0 Å². The molecule has 0 aliphatic carbocycles. The third-order valence-electron chi connectivity index (χ3n) is 4.87. The predicted octanol–water partition coefficient (Wildman–Crippen LogP) is 2.91. The van der Waals surface area contributed by atoms with Gasteiger partial charge in [-0.3, -0.25) is 0 Å². The van der Waals surface area contributed by atoms with E-state index in [9.17, 15) is 8.42 Å². The number of hydrogen-bond donors (Lipinski definition) is 0. The zero-order valence-corrected chi connectivity index (χ0v) is 20.0. The molecule has 28 heavy (non-hydrogen) atoms. The van der Waals surface area contributed by atoms with Gasteiger partial charge in [-0.25, -0.2) is 0 Å². The summed E-state index contributed by atoms with van der Waals surface area (Å²) in [5, 5.41) is 0. The van der Waals surface area contributed by atoms with Gasteiger partial charge in [-0.15, -0.1) is 0 Å². The van der Waals surface area contributed by atoms with E-state index in [0.29, 0.717) is 4.44 Å². The summed E-state index contributed by atoms with van der Waals surface area (Å²) >= 11 is -3.55. The Morgan fingerprint density at radius 2 is 1.07 bits per heavy atom. The Balaban J connectivity index is 2.17. The molecule has 3 aromatic rings. The van der Waals surface area contributed by atoms with E-state index >= 15 is 0 Å². The molecule has 0 fully saturated rings. The zero-order chi connectivity index (χ0) is 20.0. The van der Waals surface area contributed by atoms with Crippen LogP contribution in [0.25, 0.3) is 0 Å². The summed E-state index contributed by atoms with van der Waals surface area (Å²) in [6.45, 7) is 3.50. The molecule has 3 aromatic carbocycles. The second-order valence-corrected chi connectivity index (χ2v) is 20.4. The molecule has 0 amide bonds. The van der Waals surface area contributed by atoms with Gasteiger partial charge in [-0.1, -0.05) is 0 Å². The van der Waals surface area contributed by atoms with Crippen LogP contribution in [0.4, 0.5) is 0 Å². The van der Waals surface area contributed by atoms with Crippen molar-refractivity contribution in [1.29, 1.82) is 0 Å². The average molecular weight is 501 g/mol. The molecule has 0 spiro atoms. The first-order chi connectivity index (χ1) is 13.4. The van der Waals surface area contributed by atoms with E-state index in [-0.39, 0.29) is 11.9 Å². The number of rotatable bonds is 8. The third-order valence-corrected chi connectivity index (χ3v) is 21.4. The fraction of sp³-hybridized carbons (Fsp3) is 0.217. The van der Waals surface area contributed by atoms with Crippen LogP contribution in [-0.2, 0) is 14.3 Å². The molecule has 0 aromatic heterocycles. The first-order valence-corrected chi connectivity index (χ1v) is 17.4. The molecule has 0 N–H and O–H groups in total. The minimum atomic E-state index is -3.59. The first kappa shape index (κ1) is 21.1. The Hall–Kier alpha value is -1.63. The van der Waals surface area contributed by atoms with E-state index < -0.39 is 28.5 Å². The summed E-state index contributed by atoms with van der Waals surface area (Å²) in [5.74, 6) is 0.0277. The molecular weight excluding hydrogens is 475 g/mol. The molecule has 0 atom stereocenters. The molecule has 146 valence electrons. The molecule has 0 bridgehead atoms. The third kappa shape index (κ3) is 4.85. The van der Waals surface area contributed by atoms with Gasteiger partial charge in [-0.2, -0.15) is 0 Å². The molecule has 3 nitrogen and oxygen atoms in total. The summed E-state index contributed by atoms with van der Waals surface area (Å²) in [7, 11) is -3.59. The molecule has 0 aliphatic rings. The number of hydrogen-bond acceptors (Lipinski definition) is 3. The Kier molecular flexibility index (Phi) is 6.96. The van der Waals surface area contributed by atoms with Gasteiger partial charge in [-0.05, 0) is 0 Å². The summed E-state index contributed by atoms with van der Waals surface area (Å²) in [6, 6.07) is 31.3. The van der Waals surface area contributed by atoms with Crippen molar-refractivity contribution in [3.63, 3.8) is 0 Å². The van der Waals surface area contributed by atoms with E-state index in [0.717, 1.165) is 0 Å². The van der Waals surface area contributed by atoms with Gasteiger partial charge in [0.2, 0.25) is 0 Å². The maximum atomic E-state index is 12.6. The van der Waals surface area contributed by atoms with Crippen LogP contribution >= 0.6 is 0 Å². The van der Waals surface area contributed by atoms with Crippen molar-refractivity contribution in [2.75, 3.05) is 5.75 Å². The second-order valence-electron chi connectivity index (χ2n) is 7.16. The van der Waals surface area contributed by atoms with Crippen molar-refractivity contribution in [2.24, 2.45) is 0 Å². The van der Waals surface area contributed by atoms with Gasteiger partial charge in [0.1, 0.15) is 0 Å². The van der Waals surface area contributed by atoms with Crippen LogP contribution < -0.4 is 10.7 Å². The molecule has 0 aliphatic heterocycles. The quantitative estimate of drug-likeness (QED) is 0.353.